The molecule has 2 N–H and O–H groups in total. The lowest BCUT2D eigenvalue weighted by Crippen LogP contribution is -2.56. The van der Waals surface area contributed by atoms with Crippen molar-refractivity contribution in [1.82, 2.24) is 34.5 Å². The molecule has 0 radical (unpaired) electrons. The smallest absolute Gasteiger partial charge is 0.285 e. The highest BCUT2D eigenvalue weighted by atomic mass is 19.3. The van der Waals surface area contributed by atoms with Crippen LogP contribution in [0.15, 0.2) is 24.4 Å². The molecule has 196 valence electrons. The van der Waals surface area contributed by atoms with E-state index in [4.69, 9.17) is 14.0 Å². The van der Waals surface area contributed by atoms with Crippen LogP contribution < -0.4 is 10.1 Å². The van der Waals surface area contributed by atoms with Crippen molar-refractivity contribution in [2.24, 2.45) is 0 Å². The summed E-state index contributed by atoms with van der Waals surface area (Å²) < 4.78 is 87.9. The second-order valence-corrected chi connectivity index (χ2v) is 8.41. The predicted molar refractivity (Wildman–Crippen MR) is 123 cm³/mol. The number of halogens is 4. The Morgan fingerprint density at radius 1 is 1.41 bits per heavy atom. The van der Waals surface area contributed by atoms with E-state index in [2.05, 4.69) is 25.7 Å². The number of aliphatic hydroxyl groups is 1. The third kappa shape index (κ3) is 4.39. The molecule has 37 heavy (non-hydrogen) atoms. The third-order valence-electron chi connectivity index (χ3n) is 6.14. The molecule has 15 heteroatoms. The van der Waals surface area contributed by atoms with E-state index < -0.39 is 62.4 Å². The van der Waals surface area contributed by atoms with Gasteiger partial charge in [-0.3, -0.25) is 4.79 Å². The lowest BCUT2D eigenvalue weighted by atomic mass is 10.0. The van der Waals surface area contributed by atoms with Crippen molar-refractivity contribution in [3.05, 3.63) is 30.2 Å². The maximum Gasteiger partial charge on any atom is 0.285 e. The van der Waals surface area contributed by atoms with E-state index in [1.165, 1.54) is 22.9 Å². The van der Waals surface area contributed by atoms with Gasteiger partial charge in [-0.05, 0) is 24.1 Å². The number of rotatable bonds is 7. The number of nitrogens with zero attached hydrogens (tertiary/aromatic N) is 7. The van der Waals surface area contributed by atoms with E-state index in [0.29, 0.717) is 11.0 Å². The minimum Gasteiger partial charge on any atom is -0.479 e. The zero-order chi connectivity index (χ0) is 28.8. The number of fused-ring (bicyclic) bond motifs is 2. The van der Waals surface area contributed by atoms with Gasteiger partial charge in [0.05, 0.1) is 47.6 Å². The second-order valence-electron chi connectivity index (χ2n) is 8.41. The van der Waals surface area contributed by atoms with E-state index in [9.17, 15) is 18.0 Å². The standard InChI is InChI=1S/C22H22F4N8O3/c1-37-20-19-18(12-2-3-14-15(8-12)33(7-5-23)31-29-14)13(24)9-34(19)30-21(28-20)27-16-4-6-32(17(36)10-35)11-22(16,25)26/h2-3,8-9,16,35H,4-7,10-11H2,1H3,(H,27,30)/t16-/m1/s1/i1D3. The van der Waals surface area contributed by atoms with Crippen molar-refractivity contribution in [1.29, 1.82) is 0 Å². The van der Waals surface area contributed by atoms with Crippen LogP contribution in [0.3, 0.4) is 0 Å². The minimum absolute atomic E-state index is 0.0911. The van der Waals surface area contributed by atoms with Crippen LogP contribution in [0.25, 0.3) is 27.7 Å². The summed E-state index contributed by atoms with van der Waals surface area (Å²) in [5.74, 6) is -6.25. The van der Waals surface area contributed by atoms with Gasteiger partial charge in [0.15, 0.2) is 5.82 Å². The Kier molecular flexibility index (Phi) is 5.40. The third-order valence-corrected chi connectivity index (χ3v) is 6.14. The number of amides is 1. The van der Waals surface area contributed by atoms with Crippen molar-refractivity contribution in [3.8, 4) is 17.0 Å². The highest BCUT2D eigenvalue weighted by Crippen LogP contribution is 2.36. The number of methoxy groups -OCH3 is 1. The molecular formula is C22H22F4N8O3. The van der Waals surface area contributed by atoms with Crippen LogP contribution in [0.5, 0.6) is 5.88 Å². The average Bonchev–Trinajstić information content (AvgIpc) is 3.43. The molecule has 5 rings (SSSR count). The van der Waals surface area contributed by atoms with Gasteiger partial charge in [0.1, 0.15) is 24.3 Å². The van der Waals surface area contributed by atoms with Gasteiger partial charge in [-0.25, -0.2) is 26.8 Å². The van der Waals surface area contributed by atoms with Crippen molar-refractivity contribution in [2.75, 3.05) is 38.7 Å². The Bertz CT molecular complexity index is 1580. The van der Waals surface area contributed by atoms with Crippen LogP contribution in [0.2, 0.25) is 0 Å². The zero-order valence-electron chi connectivity index (χ0n) is 22.0. The first-order valence-corrected chi connectivity index (χ1v) is 11.1. The van der Waals surface area contributed by atoms with Crippen LogP contribution in [0.4, 0.5) is 23.5 Å². The molecule has 1 aromatic carbocycles. The fourth-order valence-electron chi connectivity index (χ4n) is 4.38. The quantitative estimate of drug-likeness (QED) is 0.351. The van der Waals surface area contributed by atoms with Gasteiger partial charge in [0, 0.05) is 6.54 Å². The number of piperidine rings is 1. The number of likely N-dealkylation sites (tertiary alicyclic amines) is 1. The fraction of sp³-hybridized carbons (Fsp3) is 0.409. The molecule has 0 aliphatic carbocycles. The molecule has 1 atom stereocenters. The highest BCUT2D eigenvalue weighted by molar-refractivity contribution is 5.89. The van der Waals surface area contributed by atoms with E-state index >= 15 is 4.39 Å². The van der Waals surface area contributed by atoms with Gasteiger partial charge in [-0.1, -0.05) is 11.3 Å². The Labute approximate surface area is 210 Å². The average molecular weight is 525 g/mol. The summed E-state index contributed by atoms with van der Waals surface area (Å²) in [6.07, 6.45) is 0.660. The Hall–Kier alpha value is -4.01. The number of hydrogen-bond donors (Lipinski definition) is 2. The van der Waals surface area contributed by atoms with Gasteiger partial charge < -0.3 is 20.1 Å². The maximum absolute atomic E-state index is 15.4. The summed E-state index contributed by atoms with van der Waals surface area (Å²) in [7, 11) is -3.04. The molecule has 0 saturated carbocycles. The second kappa shape index (κ2) is 9.46. The van der Waals surface area contributed by atoms with Gasteiger partial charge in [0.25, 0.3) is 5.92 Å². The minimum atomic E-state index is -3.47. The van der Waals surface area contributed by atoms with Crippen LogP contribution in [0.1, 0.15) is 10.5 Å². The van der Waals surface area contributed by atoms with Gasteiger partial charge in [-0.2, -0.15) is 4.98 Å². The molecule has 4 aromatic rings. The van der Waals surface area contributed by atoms with E-state index in [-0.39, 0.29) is 36.2 Å². The van der Waals surface area contributed by atoms with Crippen LogP contribution in [-0.4, -0.2) is 90.9 Å². The number of aryl methyl sites for hydroxylation is 1. The Balaban J connectivity index is 1.56. The van der Waals surface area contributed by atoms with Gasteiger partial charge in [-0.15, -0.1) is 10.2 Å². The lowest BCUT2D eigenvalue weighted by molar-refractivity contribution is -0.145. The summed E-state index contributed by atoms with van der Waals surface area (Å²) in [4.78, 5) is 16.5. The lowest BCUT2D eigenvalue weighted by Gasteiger charge is -2.38. The first-order valence-electron chi connectivity index (χ1n) is 12.6. The topological polar surface area (TPSA) is 123 Å². The van der Waals surface area contributed by atoms with E-state index in [1.807, 2.05) is 0 Å². The summed E-state index contributed by atoms with van der Waals surface area (Å²) in [5.41, 5.74) is 0.678. The van der Waals surface area contributed by atoms with E-state index in [0.717, 1.165) is 15.6 Å². The molecule has 1 fully saturated rings. The number of alkyl halides is 3. The van der Waals surface area contributed by atoms with E-state index in [1.54, 1.807) is 0 Å². The zero-order valence-corrected chi connectivity index (χ0v) is 19.0. The Morgan fingerprint density at radius 3 is 2.97 bits per heavy atom. The molecule has 1 aliphatic heterocycles. The molecule has 0 unspecified atom stereocenters. The predicted octanol–water partition coefficient (Wildman–Crippen LogP) is 1.90. The SMILES string of the molecule is [2H]C([2H])([2H])Oc1nc(N[C@@H]2CCN(C(=O)CO)CC2(F)F)nn2cc(F)c(-c3ccc4nnn(CCF)c4c3)c12. The fourth-order valence-corrected chi connectivity index (χ4v) is 4.38. The largest absolute Gasteiger partial charge is 0.479 e. The van der Waals surface area contributed by atoms with Gasteiger partial charge in [0.2, 0.25) is 17.7 Å². The number of benzene rings is 1. The maximum atomic E-state index is 15.4. The number of nitrogens with one attached hydrogen (secondary N) is 1. The summed E-state index contributed by atoms with van der Waals surface area (Å²) in [6.45, 7) is -2.78. The molecule has 1 amide bonds. The first-order chi connectivity index (χ1) is 18.9. The first kappa shape index (κ1) is 21.1. The molecular weight excluding hydrogens is 500 g/mol. The number of anilines is 1. The molecule has 3 aromatic heterocycles. The highest BCUT2D eigenvalue weighted by Gasteiger charge is 2.46. The summed E-state index contributed by atoms with van der Waals surface area (Å²) in [6, 6.07) is 2.92. The summed E-state index contributed by atoms with van der Waals surface area (Å²) >= 11 is 0. The van der Waals surface area contributed by atoms with Crippen LogP contribution >= 0.6 is 0 Å². The summed E-state index contributed by atoms with van der Waals surface area (Å²) in [5, 5.41) is 23.3. The van der Waals surface area contributed by atoms with Gasteiger partial charge >= 0.3 is 0 Å². The molecule has 1 aliphatic rings. The van der Waals surface area contributed by atoms with Crippen LogP contribution in [0, 0.1) is 5.82 Å². The normalized spacial score (nSPS) is 19.0. The molecule has 0 spiro atoms. The molecule has 0 bridgehead atoms. The molecule has 4 heterocycles. The molecule has 1 saturated heterocycles. The van der Waals surface area contributed by atoms with Crippen molar-refractivity contribution >= 4 is 28.4 Å². The number of carbonyl (C=O) groups is 1. The molecule has 11 nitrogen and oxygen atoms in total. The Morgan fingerprint density at radius 2 is 2.24 bits per heavy atom. The van der Waals surface area contributed by atoms with Crippen molar-refractivity contribution in [2.45, 2.75) is 24.9 Å². The van der Waals surface area contributed by atoms with Crippen LogP contribution in [-0.2, 0) is 11.3 Å². The monoisotopic (exact) mass is 525 g/mol. The number of aliphatic hydroxyl groups excluding tert-OH is 1. The van der Waals surface area contributed by atoms with Crippen molar-refractivity contribution < 1.29 is 36.3 Å². The number of hydrogen-bond acceptors (Lipinski definition) is 8. The number of carbonyl (C=O) groups excluding carboxylic acids is 1. The number of ether oxygens (including phenoxy) is 1. The van der Waals surface area contributed by atoms with Crippen molar-refractivity contribution in [3.63, 3.8) is 0 Å². The number of aromatic nitrogens is 6.